The van der Waals surface area contributed by atoms with Crippen LogP contribution in [0, 0.1) is 11.8 Å². The van der Waals surface area contributed by atoms with E-state index in [0.717, 1.165) is 37.8 Å². The summed E-state index contributed by atoms with van der Waals surface area (Å²) >= 11 is 0. The van der Waals surface area contributed by atoms with Crippen molar-refractivity contribution in [1.29, 1.82) is 0 Å². The van der Waals surface area contributed by atoms with Crippen molar-refractivity contribution >= 4 is 11.9 Å². The van der Waals surface area contributed by atoms with E-state index in [2.05, 4.69) is 39.1 Å². The second kappa shape index (κ2) is 6.89. The van der Waals surface area contributed by atoms with Crippen molar-refractivity contribution in [2.45, 2.75) is 46.6 Å². The van der Waals surface area contributed by atoms with E-state index in [1.165, 1.54) is 0 Å². The van der Waals surface area contributed by atoms with Crippen molar-refractivity contribution in [3.63, 3.8) is 0 Å². The van der Waals surface area contributed by atoms with Crippen LogP contribution in [0.4, 0.5) is 11.9 Å². The molecule has 7 heteroatoms. The molecule has 1 aliphatic heterocycles. The number of ether oxygens (including phenoxy) is 1. The van der Waals surface area contributed by atoms with Crippen LogP contribution in [0.2, 0.25) is 0 Å². The van der Waals surface area contributed by atoms with Gasteiger partial charge in [-0.15, -0.1) is 0 Å². The maximum atomic E-state index is 5.56. The molecule has 0 aromatic carbocycles. The van der Waals surface area contributed by atoms with Gasteiger partial charge in [0.15, 0.2) is 0 Å². The average molecular weight is 294 g/mol. The molecule has 1 aromatic rings. The standard InChI is InChI=1S/C14H26N6O/c1-9(2)11-5-7-20(8-6-11)13-16-12(19-15)17-14(18-13)21-10(3)4/h9-11H,5-8,15H2,1-4H3,(H,16,17,18,19). The number of piperidine rings is 1. The van der Waals surface area contributed by atoms with Crippen molar-refractivity contribution in [2.24, 2.45) is 17.7 Å². The second-order valence-electron chi connectivity index (χ2n) is 6.12. The maximum absolute atomic E-state index is 5.56. The molecule has 1 aromatic heterocycles. The molecular weight excluding hydrogens is 268 g/mol. The highest BCUT2D eigenvalue weighted by Gasteiger charge is 2.24. The summed E-state index contributed by atoms with van der Waals surface area (Å²) in [6.07, 6.45) is 2.34. The molecule has 1 aliphatic rings. The van der Waals surface area contributed by atoms with Crippen LogP contribution >= 0.6 is 0 Å². The van der Waals surface area contributed by atoms with Gasteiger partial charge < -0.3 is 9.64 Å². The fourth-order valence-corrected chi connectivity index (χ4v) is 2.58. The van der Waals surface area contributed by atoms with Crippen molar-refractivity contribution in [3.8, 4) is 6.01 Å². The molecule has 0 amide bonds. The minimum Gasteiger partial charge on any atom is -0.461 e. The quantitative estimate of drug-likeness (QED) is 0.632. The van der Waals surface area contributed by atoms with E-state index in [0.29, 0.717) is 17.9 Å². The predicted octanol–water partition coefficient (Wildman–Crippen LogP) is 1.82. The molecule has 7 nitrogen and oxygen atoms in total. The van der Waals surface area contributed by atoms with E-state index in [1.54, 1.807) is 0 Å². The zero-order valence-electron chi connectivity index (χ0n) is 13.3. The van der Waals surface area contributed by atoms with Gasteiger partial charge in [0.25, 0.3) is 0 Å². The van der Waals surface area contributed by atoms with Gasteiger partial charge in [-0.05, 0) is 38.5 Å². The van der Waals surface area contributed by atoms with Crippen LogP contribution in [0.3, 0.4) is 0 Å². The smallest absolute Gasteiger partial charge is 0.323 e. The Kier molecular flexibility index (Phi) is 5.17. The topological polar surface area (TPSA) is 89.2 Å². The molecule has 1 saturated heterocycles. The Morgan fingerprint density at radius 1 is 1.14 bits per heavy atom. The molecule has 0 spiro atoms. The van der Waals surface area contributed by atoms with Crippen LogP contribution in [-0.4, -0.2) is 34.1 Å². The Morgan fingerprint density at radius 2 is 1.81 bits per heavy atom. The minimum absolute atomic E-state index is 0.0116. The van der Waals surface area contributed by atoms with Crippen LogP contribution in [0.5, 0.6) is 6.01 Å². The zero-order valence-corrected chi connectivity index (χ0v) is 13.3. The highest BCUT2D eigenvalue weighted by molar-refractivity contribution is 5.38. The van der Waals surface area contributed by atoms with E-state index in [1.807, 2.05) is 13.8 Å². The van der Waals surface area contributed by atoms with Gasteiger partial charge >= 0.3 is 6.01 Å². The summed E-state index contributed by atoms with van der Waals surface area (Å²) in [7, 11) is 0. The van der Waals surface area contributed by atoms with Crippen LogP contribution in [0.25, 0.3) is 0 Å². The largest absolute Gasteiger partial charge is 0.461 e. The summed E-state index contributed by atoms with van der Waals surface area (Å²) in [5.74, 6) is 7.91. The minimum atomic E-state index is 0.0116. The molecule has 3 N–H and O–H groups in total. The molecule has 1 fully saturated rings. The first-order chi connectivity index (χ1) is 9.99. The Balaban J connectivity index is 2.12. The molecule has 0 saturated carbocycles. The third-order valence-electron chi connectivity index (χ3n) is 3.84. The predicted molar refractivity (Wildman–Crippen MR) is 83.2 cm³/mol. The van der Waals surface area contributed by atoms with E-state index in [9.17, 15) is 0 Å². The van der Waals surface area contributed by atoms with E-state index < -0.39 is 0 Å². The Hall–Kier alpha value is -1.63. The molecule has 2 heterocycles. The molecule has 21 heavy (non-hydrogen) atoms. The first-order valence-corrected chi connectivity index (χ1v) is 7.64. The molecular formula is C14H26N6O. The van der Waals surface area contributed by atoms with E-state index in [-0.39, 0.29) is 6.10 Å². The highest BCUT2D eigenvalue weighted by Crippen LogP contribution is 2.27. The van der Waals surface area contributed by atoms with Crippen molar-refractivity contribution in [2.75, 3.05) is 23.4 Å². The molecule has 0 bridgehead atoms. The number of nitrogen functional groups attached to an aromatic ring is 1. The van der Waals surface area contributed by atoms with Gasteiger partial charge in [0.05, 0.1) is 6.10 Å². The lowest BCUT2D eigenvalue weighted by Crippen LogP contribution is -2.36. The van der Waals surface area contributed by atoms with Crippen molar-refractivity contribution < 1.29 is 4.74 Å². The van der Waals surface area contributed by atoms with E-state index >= 15 is 0 Å². The molecule has 2 rings (SSSR count). The number of hydrazine groups is 1. The molecule has 0 atom stereocenters. The van der Waals surface area contributed by atoms with Gasteiger partial charge in [0.2, 0.25) is 11.9 Å². The lowest BCUT2D eigenvalue weighted by Gasteiger charge is -2.33. The van der Waals surface area contributed by atoms with Gasteiger partial charge in [-0.3, -0.25) is 5.43 Å². The van der Waals surface area contributed by atoms with Gasteiger partial charge in [-0.1, -0.05) is 13.8 Å². The van der Waals surface area contributed by atoms with Crippen LogP contribution < -0.4 is 20.9 Å². The van der Waals surface area contributed by atoms with Crippen molar-refractivity contribution in [1.82, 2.24) is 15.0 Å². The highest BCUT2D eigenvalue weighted by atomic mass is 16.5. The summed E-state index contributed by atoms with van der Waals surface area (Å²) in [4.78, 5) is 15.0. The lowest BCUT2D eigenvalue weighted by atomic mass is 9.87. The van der Waals surface area contributed by atoms with Crippen molar-refractivity contribution in [3.05, 3.63) is 0 Å². The number of hydrogen-bond donors (Lipinski definition) is 2. The summed E-state index contributed by atoms with van der Waals surface area (Å²) in [5, 5.41) is 0. The van der Waals surface area contributed by atoms with Crippen LogP contribution in [0.15, 0.2) is 0 Å². The summed E-state index contributed by atoms with van der Waals surface area (Å²) in [6.45, 7) is 10.4. The summed E-state index contributed by atoms with van der Waals surface area (Å²) < 4.78 is 5.56. The normalized spacial score (nSPS) is 16.6. The maximum Gasteiger partial charge on any atom is 0.323 e. The first kappa shape index (κ1) is 15.8. The van der Waals surface area contributed by atoms with E-state index in [4.69, 9.17) is 10.6 Å². The Bertz CT molecular complexity index is 457. The number of nitrogens with two attached hydrogens (primary N) is 1. The van der Waals surface area contributed by atoms with Crippen LogP contribution in [-0.2, 0) is 0 Å². The lowest BCUT2D eigenvalue weighted by molar-refractivity contribution is 0.221. The second-order valence-corrected chi connectivity index (χ2v) is 6.12. The number of nitrogens with zero attached hydrogens (tertiary/aromatic N) is 4. The van der Waals surface area contributed by atoms with Gasteiger partial charge in [-0.25, -0.2) is 5.84 Å². The van der Waals surface area contributed by atoms with Gasteiger partial charge in [0.1, 0.15) is 0 Å². The first-order valence-electron chi connectivity index (χ1n) is 7.64. The zero-order chi connectivity index (χ0) is 15.4. The number of nitrogens with one attached hydrogen (secondary N) is 1. The van der Waals surface area contributed by atoms with Gasteiger partial charge in [-0.2, -0.15) is 15.0 Å². The summed E-state index contributed by atoms with van der Waals surface area (Å²) in [6, 6.07) is 0.314. The molecule has 0 radical (unpaired) electrons. The third kappa shape index (κ3) is 4.17. The number of anilines is 2. The monoisotopic (exact) mass is 294 g/mol. The number of aromatic nitrogens is 3. The van der Waals surface area contributed by atoms with Crippen LogP contribution in [0.1, 0.15) is 40.5 Å². The van der Waals surface area contributed by atoms with Gasteiger partial charge in [0, 0.05) is 13.1 Å². The fourth-order valence-electron chi connectivity index (χ4n) is 2.58. The summed E-state index contributed by atoms with van der Waals surface area (Å²) in [5.41, 5.74) is 2.48. The molecule has 118 valence electrons. The fraction of sp³-hybridized carbons (Fsp3) is 0.786. The SMILES string of the molecule is CC(C)Oc1nc(NN)nc(N2CCC(C(C)C)CC2)n1. The molecule has 0 unspecified atom stereocenters. The third-order valence-corrected chi connectivity index (χ3v) is 3.84. The number of hydrogen-bond acceptors (Lipinski definition) is 7. The Morgan fingerprint density at radius 3 is 2.33 bits per heavy atom. The average Bonchev–Trinajstić information content (AvgIpc) is 2.46. The Labute approximate surface area is 126 Å². The number of rotatable bonds is 5. The molecule has 0 aliphatic carbocycles.